The number of esters is 1. The molecule has 1 atom stereocenters. The quantitative estimate of drug-likeness (QED) is 0.506. The minimum Gasteiger partial charge on any atom is -0.496 e. The molecule has 1 aliphatic heterocycles. The van der Waals surface area contributed by atoms with Crippen LogP contribution in [0.3, 0.4) is 0 Å². The van der Waals surface area contributed by atoms with Gasteiger partial charge in [-0.3, -0.25) is 4.79 Å². The van der Waals surface area contributed by atoms with Crippen molar-refractivity contribution in [2.75, 3.05) is 32.2 Å². The average Bonchev–Trinajstić information content (AvgIpc) is 3.19. The van der Waals surface area contributed by atoms with E-state index in [4.69, 9.17) is 18.6 Å². The molecular weight excluding hydrogens is 438 g/mol. The van der Waals surface area contributed by atoms with Gasteiger partial charge in [-0.1, -0.05) is 12.1 Å². The highest BCUT2D eigenvalue weighted by Crippen LogP contribution is 2.45. The number of likely N-dealkylation sites (N-methyl/N-ethyl adjacent to an activating group) is 1. The summed E-state index contributed by atoms with van der Waals surface area (Å²) in [7, 11) is 3.66. The molecule has 1 aliphatic rings. The topological polar surface area (TPSA) is 61.1 Å². The molecule has 152 valence electrons. The van der Waals surface area contributed by atoms with Gasteiger partial charge in [-0.25, -0.2) is 0 Å². The zero-order valence-electron chi connectivity index (χ0n) is 16.5. The van der Waals surface area contributed by atoms with Crippen LogP contribution in [0.15, 0.2) is 45.5 Å². The van der Waals surface area contributed by atoms with Gasteiger partial charge in [-0.15, -0.1) is 0 Å². The lowest BCUT2D eigenvalue weighted by Crippen LogP contribution is -2.33. The molecule has 0 bridgehead atoms. The number of nitrogens with zero attached hydrogens (tertiary/aromatic N) is 1. The van der Waals surface area contributed by atoms with Crippen LogP contribution in [0.5, 0.6) is 11.5 Å². The maximum Gasteiger partial charge on any atom is 0.310 e. The maximum absolute atomic E-state index is 12.1. The lowest BCUT2D eigenvalue weighted by Gasteiger charge is -2.35. The number of benzene rings is 2. The summed E-state index contributed by atoms with van der Waals surface area (Å²) in [6.07, 6.45) is 1.53. The van der Waals surface area contributed by atoms with E-state index in [9.17, 15) is 4.79 Å². The van der Waals surface area contributed by atoms with Crippen LogP contribution in [0.2, 0.25) is 0 Å². The van der Waals surface area contributed by atoms with E-state index in [0.717, 1.165) is 38.0 Å². The van der Waals surface area contributed by atoms with Gasteiger partial charge in [0.15, 0.2) is 5.58 Å². The Morgan fingerprint density at radius 2 is 2.17 bits per heavy atom. The van der Waals surface area contributed by atoms with E-state index < -0.39 is 0 Å². The van der Waals surface area contributed by atoms with E-state index in [0.29, 0.717) is 18.9 Å². The van der Waals surface area contributed by atoms with Gasteiger partial charge < -0.3 is 23.5 Å². The normalized spacial score (nSPS) is 15.7. The van der Waals surface area contributed by atoms with Gasteiger partial charge in [0.05, 0.1) is 48.5 Å². The molecule has 4 rings (SSSR count). The average molecular weight is 460 g/mol. The number of halogens is 1. The van der Waals surface area contributed by atoms with Crippen LogP contribution in [0.25, 0.3) is 11.0 Å². The number of carbonyl (C=O) groups excluding carboxylic acids is 1. The number of para-hydroxylation sites is 1. The predicted molar refractivity (Wildman–Crippen MR) is 114 cm³/mol. The van der Waals surface area contributed by atoms with Crippen LogP contribution in [0.4, 0.5) is 5.69 Å². The summed E-state index contributed by atoms with van der Waals surface area (Å²) in [6.45, 7) is 2.80. The third-order valence-electron chi connectivity index (χ3n) is 5.05. The molecular formula is C22H22BrNO5. The van der Waals surface area contributed by atoms with Crippen LogP contribution in [-0.4, -0.2) is 33.3 Å². The Hall–Kier alpha value is -2.67. The minimum atomic E-state index is -0.276. The Balaban J connectivity index is 1.76. The Kier molecular flexibility index (Phi) is 5.41. The number of methoxy groups -OCH3 is 1. The van der Waals surface area contributed by atoms with Gasteiger partial charge in [-0.2, -0.15) is 0 Å². The molecule has 0 fully saturated rings. The highest BCUT2D eigenvalue weighted by Gasteiger charge is 2.31. The van der Waals surface area contributed by atoms with E-state index in [1.807, 2.05) is 37.4 Å². The molecule has 2 heterocycles. The van der Waals surface area contributed by atoms with Crippen LogP contribution in [-0.2, 0) is 16.0 Å². The van der Waals surface area contributed by atoms with Crippen LogP contribution < -0.4 is 14.4 Å². The van der Waals surface area contributed by atoms with Gasteiger partial charge in [0.2, 0.25) is 0 Å². The van der Waals surface area contributed by atoms with E-state index in [1.54, 1.807) is 20.3 Å². The SMILES string of the molecule is CCOC(=O)Cc1cccc2c1OC(c1cc(Br)c3occc3c1OC)CN2C. The van der Waals surface area contributed by atoms with Crippen molar-refractivity contribution >= 4 is 38.6 Å². The van der Waals surface area contributed by atoms with Gasteiger partial charge in [0.25, 0.3) is 0 Å². The first-order chi connectivity index (χ1) is 14.0. The second-order valence-electron chi connectivity index (χ2n) is 6.88. The zero-order valence-corrected chi connectivity index (χ0v) is 18.1. The zero-order chi connectivity index (χ0) is 20.5. The molecule has 6 nitrogen and oxygen atoms in total. The second-order valence-corrected chi connectivity index (χ2v) is 7.73. The van der Waals surface area contributed by atoms with E-state index in [2.05, 4.69) is 20.8 Å². The maximum atomic E-state index is 12.1. The van der Waals surface area contributed by atoms with Gasteiger partial charge in [-0.05, 0) is 41.1 Å². The van der Waals surface area contributed by atoms with Gasteiger partial charge in [0, 0.05) is 18.2 Å². The second kappa shape index (κ2) is 7.99. The number of carbonyl (C=O) groups is 1. The number of rotatable bonds is 5. The van der Waals surface area contributed by atoms with E-state index >= 15 is 0 Å². The summed E-state index contributed by atoms with van der Waals surface area (Å²) in [5, 5.41) is 0.883. The van der Waals surface area contributed by atoms with Crippen LogP contribution >= 0.6 is 15.9 Å². The number of hydrogen-bond donors (Lipinski definition) is 0. The van der Waals surface area contributed by atoms with Crippen LogP contribution in [0.1, 0.15) is 24.2 Å². The highest BCUT2D eigenvalue weighted by molar-refractivity contribution is 9.10. The van der Waals surface area contributed by atoms with Crippen molar-refractivity contribution in [1.29, 1.82) is 0 Å². The van der Waals surface area contributed by atoms with Crippen molar-refractivity contribution in [2.45, 2.75) is 19.4 Å². The summed E-state index contributed by atoms with van der Waals surface area (Å²) >= 11 is 3.59. The molecule has 7 heteroatoms. The molecule has 1 unspecified atom stereocenters. The first-order valence-electron chi connectivity index (χ1n) is 9.42. The molecule has 1 aromatic heterocycles. The number of fused-ring (bicyclic) bond motifs is 2. The summed E-state index contributed by atoms with van der Waals surface area (Å²) < 4.78 is 23.7. The van der Waals surface area contributed by atoms with Gasteiger partial charge >= 0.3 is 5.97 Å². The summed E-state index contributed by atoms with van der Waals surface area (Å²) in [5.74, 6) is 1.15. The minimum absolute atomic E-state index is 0.166. The Labute approximate surface area is 177 Å². The van der Waals surface area contributed by atoms with Crippen molar-refractivity contribution < 1.29 is 23.4 Å². The molecule has 2 aromatic carbocycles. The Morgan fingerprint density at radius 3 is 2.93 bits per heavy atom. The third kappa shape index (κ3) is 3.55. The fourth-order valence-electron chi connectivity index (χ4n) is 3.77. The smallest absolute Gasteiger partial charge is 0.310 e. The van der Waals surface area contributed by atoms with Crippen molar-refractivity contribution in [2.24, 2.45) is 0 Å². The molecule has 29 heavy (non-hydrogen) atoms. The number of anilines is 1. The molecule has 0 radical (unpaired) electrons. The molecule has 0 amide bonds. The van der Waals surface area contributed by atoms with Crippen molar-refractivity contribution in [3.05, 3.63) is 52.2 Å². The van der Waals surface area contributed by atoms with Crippen molar-refractivity contribution in [3.8, 4) is 11.5 Å². The van der Waals surface area contributed by atoms with E-state index in [-0.39, 0.29) is 18.5 Å². The van der Waals surface area contributed by atoms with Crippen molar-refractivity contribution in [3.63, 3.8) is 0 Å². The summed E-state index contributed by atoms with van der Waals surface area (Å²) in [5.41, 5.74) is 3.40. The number of furan rings is 1. The molecule has 0 N–H and O–H groups in total. The Bertz CT molecular complexity index is 1060. The standard InChI is InChI=1S/C22H22BrNO5/c1-4-27-19(25)10-13-6-5-7-17-20(13)29-18(12-24(17)2)15-11-16(23)22-14(8-9-28-22)21(15)26-3/h5-9,11,18H,4,10,12H2,1-3H3. The van der Waals surface area contributed by atoms with Crippen molar-refractivity contribution in [1.82, 2.24) is 0 Å². The first-order valence-corrected chi connectivity index (χ1v) is 10.2. The summed E-state index contributed by atoms with van der Waals surface area (Å²) in [4.78, 5) is 14.2. The molecule has 0 saturated heterocycles. The summed E-state index contributed by atoms with van der Waals surface area (Å²) in [6, 6.07) is 9.69. The fraction of sp³-hybridized carbons (Fsp3) is 0.318. The number of hydrogen-bond acceptors (Lipinski definition) is 6. The predicted octanol–water partition coefficient (Wildman–Crippen LogP) is 4.88. The monoisotopic (exact) mass is 459 g/mol. The largest absolute Gasteiger partial charge is 0.496 e. The molecule has 0 aliphatic carbocycles. The number of ether oxygens (including phenoxy) is 3. The van der Waals surface area contributed by atoms with Crippen LogP contribution in [0, 0.1) is 0 Å². The highest BCUT2D eigenvalue weighted by atomic mass is 79.9. The molecule has 0 spiro atoms. The third-order valence-corrected chi connectivity index (χ3v) is 5.64. The lowest BCUT2D eigenvalue weighted by atomic mass is 10.0. The van der Waals surface area contributed by atoms with Gasteiger partial charge in [0.1, 0.15) is 17.6 Å². The Morgan fingerprint density at radius 1 is 1.34 bits per heavy atom. The fourth-order valence-corrected chi connectivity index (χ4v) is 4.32. The lowest BCUT2D eigenvalue weighted by molar-refractivity contribution is -0.142. The molecule has 0 saturated carbocycles. The van der Waals surface area contributed by atoms with E-state index in [1.165, 1.54) is 0 Å². The first kappa shape index (κ1) is 19.6. The molecule has 3 aromatic rings.